The normalized spacial score (nSPS) is 21.9. The Bertz CT molecular complexity index is 1110. The quantitative estimate of drug-likeness (QED) is 0.507. The largest absolute Gasteiger partial charge is 0.496 e. The summed E-state index contributed by atoms with van der Waals surface area (Å²) in [5, 5.41) is 4.92. The van der Waals surface area contributed by atoms with Crippen LogP contribution in [-0.2, 0) is 4.74 Å². The molecule has 3 unspecified atom stereocenters. The van der Waals surface area contributed by atoms with Gasteiger partial charge in [-0.05, 0) is 54.1 Å². The van der Waals surface area contributed by atoms with E-state index in [1.54, 1.807) is 14.2 Å². The van der Waals surface area contributed by atoms with Crippen LogP contribution in [0.4, 0.5) is 5.69 Å². The zero-order valence-corrected chi connectivity index (χ0v) is 19.1. The lowest BCUT2D eigenvalue weighted by Gasteiger charge is -2.42. The van der Waals surface area contributed by atoms with Crippen molar-refractivity contribution in [3.8, 4) is 11.5 Å². The van der Waals surface area contributed by atoms with Crippen LogP contribution in [0, 0.1) is 0 Å². The first kappa shape index (κ1) is 21.0. The second kappa shape index (κ2) is 8.96. The molecule has 1 fully saturated rings. The van der Waals surface area contributed by atoms with Crippen molar-refractivity contribution in [2.75, 3.05) is 19.5 Å². The summed E-state index contributed by atoms with van der Waals surface area (Å²) in [6, 6.07) is 15.6. The van der Waals surface area contributed by atoms with Crippen molar-refractivity contribution in [2.45, 2.75) is 43.8 Å². The Hall–Kier alpha value is -2.83. The van der Waals surface area contributed by atoms with Crippen LogP contribution in [-0.4, -0.2) is 26.2 Å². The lowest BCUT2D eigenvalue weighted by Crippen LogP contribution is -2.34. The van der Waals surface area contributed by atoms with Gasteiger partial charge < -0.3 is 19.5 Å². The highest BCUT2D eigenvalue weighted by atomic mass is 32.1. The molecular formula is C26H27NO4S. The van der Waals surface area contributed by atoms with Gasteiger partial charge in [-0.25, -0.2) is 0 Å². The summed E-state index contributed by atoms with van der Waals surface area (Å²) in [5.41, 5.74) is 3.99. The fraction of sp³-hybridized carbons (Fsp3) is 0.346. The van der Waals surface area contributed by atoms with Crippen molar-refractivity contribution in [2.24, 2.45) is 0 Å². The molecule has 0 bridgehead atoms. The Morgan fingerprint density at radius 1 is 1.00 bits per heavy atom. The predicted octanol–water partition coefficient (Wildman–Crippen LogP) is 6.16. The van der Waals surface area contributed by atoms with E-state index in [4.69, 9.17) is 14.2 Å². The van der Waals surface area contributed by atoms with E-state index in [2.05, 4.69) is 11.4 Å². The SMILES string of the molecule is COc1ccc(OC)c2c1C(c1cccc(NC(=O)c3cccs3)c1)OC1CCCCC21. The van der Waals surface area contributed by atoms with Gasteiger partial charge >= 0.3 is 0 Å². The number of carbonyl (C=O) groups is 1. The van der Waals surface area contributed by atoms with E-state index >= 15 is 0 Å². The number of nitrogens with one attached hydrogen (secondary N) is 1. The van der Waals surface area contributed by atoms with Crippen LogP contribution in [0.15, 0.2) is 53.9 Å². The minimum absolute atomic E-state index is 0.103. The van der Waals surface area contributed by atoms with E-state index in [-0.39, 0.29) is 18.1 Å². The van der Waals surface area contributed by atoms with Gasteiger partial charge in [0, 0.05) is 22.7 Å². The molecule has 0 saturated heterocycles. The standard InChI is InChI=1S/C26H27NO4S/c1-29-20-12-13-21(30-2)24-23(20)18-9-3-4-10-19(18)31-25(24)16-7-5-8-17(15-16)27-26(28)22-11-6-14-32-22/h5-8,11-15,18-19,25H,3-4,9-10H2,1-2H3,(H,27,28). The number of rotatable bonds is 5. The van der Waals surface area contributed by atoms with Crippen LogP contribution in [0.2, 0.25) is 0 Å². The maximum absolute atomic E-state index is 12.6. The fourth-order valence-electron chi connectivity index (χ4n) is 5.06. The van der Waals surface area contributed by atoms with Gasteiger partial charge in [-0.2, -0.15) is 0 Å². The summed E-state index contributed by atoms with van der Waals surface area (Å²) >= 11 is 1.43. The molecule has 32 heavy (non-hydrogen) atoms. The number of methoxy groups -OCH3 is 2. The van der Waals surface area contributed by atoms with E-state index in [1.165, 1.54) is 29.7 Å². The molecule has 1 aromatic heterocycles. The molecule has 5 nitrogen and oxygen atoms in total. The van der Waals surface area contributed by atoms with Crippen molar-refractivity contribution >= 4 is 22.9 Å². The van der Waals surface area contributed by atoms with Crippen molar-refractivity contribution in [3.05, 3.63) is 75.5 Å². The molecule has 5 rings (SSSR count). The third-order valence-corrected chi connectivity index (χ3v) is 7.35. The van der Waals surface area contributed by atoms with Gasteiger partial charge in [0.05, 0.1) is 25.2 Å². The lowest BCUT2D eigenvalue weighted by atomic mass is 9.75. The molecule has 1 N–H and O–H groups in total. The smallest absolute Gasteiger partial charge is 0.265 e. The van der Waals surface area contributed by atoms with Gasteiger partial charge in [-0.3, -0.25) is 4.79 Å². The van der Waals surface area contributed by atoms with E-state index in [9.17, 15) is 4.79 Å². The molecule has 3 aromatic rings. The molecule has 2 aromatic carbocycles. The molecule has 6 heteroatoms. The summed E-state index contributed by atoms with van der Waals surface area (Å²) < 4.78 is 18.3. The average molecular weight is 450 g/mol. The maximum atomic E-state index is 12.6. The first-order valence-corrected chi connectivity index (χ1v) is 11.9. The average Bonchev–Trinajstić information content (AvgIpc) is 3.38. The molecule has 1 amide bonds. The minimum atomic E-state index is -0.284. The zero-order chi connectivity index (χ0) is 22.1. The number of ether oxygens (including phenoxy) is 3. The number of thiophene rings is 1. The molecule has 1 aliphatic heterocycles. The van der Waals surface area contributed by atoms with Gasteiger partial charge in [0.2, 0.25) is 0 Å². The molecule has 0 radical (unpaired) electrons. The Labute approximate surface area is 192 Å². The summed E-state index contributed by atoms with van der Waals surface area (Å²) in [4.78, 5) is 13.3. The minimum Gasteiger partial charge on any atom is -0.496 e. The van der Waals surface area contributed by atoms with Crippen LogP contribution in [0.3, 0.4) is 0 Å². The van der Waals surface area contributed by atoms with Crippen LogP contribution in [0.5, 0.6) is 11.5 Å². The second-order valence-corrected chi connectivity index (χ2v) is 9.25. The van der Waals surface area contributed by atoms with Crippen LogP contribution in [0.25, 0.3) is 0 Å². The third-order valence-electron chi connectivity index (χ3n) is 6.49. The van der Waals surface area contributed by atoms with E-state index in [0.717, 1.165) is 41.2 Å². The number of fused-ring (bicyclic) bond motifs is 3. The monoisotopic (exact) mass is 449 g/mol. The molecule has 2 aliphatic rings. The van der Waals surface area contributed by atoms with Crippen molar-refractivity contribution in [1.82, 2.24) is 0 Å². The van der Waals surface area contributed by atoms with Gasteiger partial charge in [0.25, 0.3) is 5.91 Å². The highest BCUT2D eigenvalue weighted by Gasteiger charge is 2.41. The number of carbonyl (C=O) groups excluding carboxylic acids is 1. The maximum Gasteiger partial charge on any atom is 0.265 e. The molecule has 0 spiro atoms. The third kappa shape index (κ3) is 3.78. The van der Waals surface area contributed by atoms with E-state index < -0.39 is 0 Å². The highest BCUT2D eigenvalue weighted by molar-refractivity contribution is 7.12. The number of benzene rings is 2. The van der Waals surface area contributed by atoms with Crippen LogP contribution >= 0.6 is 11.3 Å². The fourth-order valence-corrected chi connectivity index (χ4v) is 5.68. The van der Waals surface area contributed by atoms with Crippen LogP contribution in [0.1, 0.15) is 64.1 Å². The molecule has 2 heterocycles. The Kier molecular flexibility index (Phi) is 5.89. The van der Waals surface area contributed by atoms with Gasteiger partial charge in [-0.1, -0.05) is 31.0 Å². The first-order valence-electron chi connectivity index (χ1n) is 11.0. The van der Waals surface area contributed by atoms with Crippen molar-refractivity contribution in [3.63, 3.8) is 0 Å². The van der Waals surface area contributed by atoms with Gasteiger partial charge in [0.1, 0.15) is 17.6 Å². The second-order valence-electron chi connectivity index (χ2n) is 8.30. The van der Waals surface area contributed by atoms with E-state index in [1.807, 2.05) is 47.8 Å². The Morgan fingerprint density at radius 2 is 1.78 bits per heavy atom. The molecule has 166 valence electrons. The molecule has 1 saturated carbocycles. The van der Waals surface area contributed by atoms with Gasteiger partial charge in [-0.15, -0.1) is 11.3 Å². The summed E-state index contributed by atoms with van der Waals surface area (Å²) in [7, 11) is 3.43. The van der Waals surface area contributed by atoms with Crippen molar-refractivity contribution in [1.29, 1.82) is 0 Å². The predicted molar refractivity (Wildman–Crippen MR) is 126 cm³/mol. The molecule has 3 atom stereocenters. The summed E-state index contributed by atoms with van der Waals surface area (Å²) in [6.07, 6.45) is 4.35. The number of hydrogen-bond acceptors (Lipinski definition) is 5. The molecular weight excluding hydrogens is 422 g/mol. The molecule has 1 aliphatic carbocycles. The van der Waals surface area contributed by atoms with Crippen molar-refractivity contribution < 1.29 is 19.0 Å². The summed E-state index contributed by atoms with van der Waals surface area (Å²) in [5.74, 6) is 1.91. The first-order chi connectivity index (χ1) is 15.7. The Balaban J connectivity index is 1.56. The highest BCUT2D eigenvalue weighted by Crippen LogP contribution is 2.53. The van der Waals surface area contributed by atoms with Gasteiger partial charge in [0.15, 0.2) is 0 Å². The van der Waals surface area contributed by atoms with E-state index in [0.29, 0.717) is 10.8 Å². The van der Waals surface area contributed by atoms with Crippen LogP contribution < -0.4 is 14.8 Å². The Morgan fingerprint density at radius 3 is 2.53 bits per heavy atom. The number of hydrogen-bond donors (Lipinski definition) is 1. The number of amides is 1. The number of anilines is 1. The zero-order valence-electron chi connectivity index (χ0n) is 18.3. The lowest BCUT2D eigenvalue weighted by molar-refractivity contribution is -0.0406. The topological polar surface area (TPSA) is 56.8 Å². The summed E-state index contributed by atoms with van der Waals surface area (Å²) in [6.45, 7) is 0.